The smallest absolute Gasteiger partial charge is 0.325 e. The summed E-state index contributed by atoms with van der Waals surface area (Å²) in [6.07, 6.45) is 0. The molecule has 0 bridgehead atoms. The molecular formula is C15H12ClN3O2S. The number of fused-ring (bicyclic) bond motifs is 1. The Labute approximate surface area is 135 Å². The second kappa shape index (κ2) is 6.21. The fourth-order valence-electron chi connectivity index (χ4n) is 1.91. The molecule has 0 fully saturated rings. The van der Waals surface area contributed by atoms with Gasteiger partial charge in [0.25, 0.3) is 0 Å². The molecule has 1 aromatic heterocycles. The van der Waals surface area contributed by atoms with Crippen molar-refractivity contribution in [2.75, 3.05) is 17.7 Å². The van der Waals surface area contributed by atoms with Crippen molar-refractivity contribution in [1.82, 2.24) is 4.98 Å². The van der Waals surface area contributed by atoms with Crippen molar-refractivity contribution in [2.24, 2.45) is 0 Å². The van der Waals surface area contributed by atoms with Gasteiger partial charge in [-0.1, -0.05) is 29.0 Å². The number of thiazole rings is 1. The monoisotopic (exact) mass is 333 g/mol. The van der Waals surface area contributed by atoms with E-state index in [0.717, 1.165) is 10.2 Å². The molecule has 0 atom stereocenters. The van der Waals surface area contributed by atoms with Gasteiger partial charge in [0, 0.05) is 16.8 Å². The molecule has 7 heteroatoms. The Kier molecular flexibility index (Phi) is 4.13. The van der Waals surface area contributed by atoms with Crippen LogP contribution in [0, 0.1) is 0 Å². The number of benzene rings is 2. The first-order valence-corrected chi connectivity index (χ1v) is 7.61. The van der Waals surface area contributed by atoms with Crippen LogP contribution >= 0.6 is 22.9 Å². The number of carbonyl (C=O) groups is 1. The third-order valence-electron chi connectivity index (χ3n) is 2.90. The molecule has 5 nitrogen and oxygen atoms in total. The first-order chi connectivity index (χ1) is 10.6. The molecule has 0 aliphatic rings. The fraction of sp³-hybridized carbons (Fsp3) is 0.0667. The SMILES string of the molecule is COc1cccc(NC(=O)Nc2nc3cc(Cl)ccc3s2)c1. The zero-order valence-corrected chi connectivity index (χ0v) is 13.2. The maximum absolute atomic E-state index is 12.0. The molecule has 2 amide bonds. The summed E-state index contributed by atoms with van der Waals surface area (Å²) in [6.45, 7) is 0. The Morgan fingerprint density at radius 2 is 2.09 bits per heavy atom. The summed E-state index contributed by atoms with van der Waals surface area (Å²) in [5, 5.41) is 6.57. The summed E-state index contributed by atoms with van der Waals surface area (Å²) in [5.74, 6) is 0.674. The van der Waals surface area contributed by atoms with Crippen LogP contribution in [0.4, 0.5) is 15.6 Å². The summed E-state index contributed by atoms with van der Waals surface area (Å²) in [5.41, 5.74) is 1.40. The van der Waals surface area contributed by atoms with E-state index in [9.17, 15) is 4.79 Å². The van der Waals surface area contributed by atoms with Crippen LogP contribution in [-0.4, -0.2) is 18.1 Å². The first kappa shape index (κ1) is 14.6. The molecule has 0 unspecified atom stereocenters. The zero-order valence-electron chi connectivity index (χ0n) is 11.6. The van der Waals surface area contributed by atoms with Gasteiger partial charge in [-0.3, -0.25) is 5.32 Å². The minimum Gasteiger partial charge on any atom is -0.497 e. The number of methoxy groups -OCH3 is 1. The Hall–Kier alpha value is -2.31. The molecule has 3 rings (SSSR count). The number of rotatable bonds is 3. The number of urea groups is 1. The lowest BCUT2D eigenvalue weighted by Gasteiger charge is -2.06. The first-order valence-electron chi connectivity index (χ1n) is 6.42. The number of anilines is 2. The van der Waals surface area contributed by atoms with Crippen molar-refractivity contribution in [3.05, 3.63) is 47.5 Å². The minimum absolute atomic E-state index is 0.363. The van der Waals surface area contributed by atoms with Crippen molar-refractivity contribution in [2.45, 2.75) is 0 Å². The lowest BCUT2D eigenvalue weighted by atomic mass is 10.3. The lowest BCUT2D eigenvalue weighted by molar-refractivity contribution is 0.262. The topological polar surface area (TPSA) is 63.2 Å². The number of hydrogen-bond acceptors (Lipinski definition) is 4. The Morgan fingerprint density at radius 1 is 1.23 bits per heavy atom. The van der Waals surface area contributed by atoms with Crippen molar-refractivity contribution in [1.29, 1.82) is 0 Å². The summed E-state index contributed by atoms with van der Waals surface area (Å²) in [6, 6.07) is 12.2. The molecule has 0 spiro atoms. The average Bonchev–Trinajstić information content (AvgIpc) is 2.88. The molecule has 2 aromatic carbocycles. The van der Waals surface area contributed by atoms with Gasteiger partial charge in [0.15, 0.2) is 5.13 Å². The number of ether oxygens (including phenoxy) is 1. The predicted octanol–water partition coefficient (Wildman–Crippen LogP) is 4.60. The van der Waals surface area contributed by atoms with Crippen LogP contribution in [0.1, 0.15) is 0 Å². The Balaban J connectivity index is 1.72. The molecule has 2 N–H and O–H groups in total. The normalized spacial score (nSPS) is 10.5. The summed E-state index contributed by atoms with van der Waals surface area (Å²) >= 11 is 7.31. The van der Waals surface area contributed by atoms with Crippen molar-refractivity contribution in [3.8, 4) is 5.75 Å². The van der Waals surface area contributed by atoms with Gasteiger partial charge in [-0.05, 0) is 30.3 Å². The van der Waals surface area contributed by atoms with E-state index < -0.39 is 0 Å². The van der Waals surface area contributed by atoms with E-state index in [1.54, 1.807) is 43.5 Å². The maximum atomic E-state index is 12.0. The summed E-state index contributed by atoms with van der Waals surface area (Å²) < 4.78 is 6.07. The van der Waals surface area contributed by atoms with Gasteiger partial charge in [-0.2, -0.15) is 0 Å². The number of hydrogen-bond donors (Lipinski definition) is 2. The Bertz CT molecular complexity index is 835. The molecule has 3 aromatic rings. The van der Waals surface area contributed by atoms with E-state index in [-0.39, 0.29) is 6.03 Å². The third-order valence-corrected chi connectivity index (χ3v) is 4.08. The number of aromatic nitrogens is 1. The maximum Gasteiger partial charge on any atom is 0.325 e. The highest BCUT2D eigenvalue weighted by Gasteiger charge is 2.08. The second-order valence-corrected chi connectivity index (χ2v) is 5.91. The van der Waals surface area contributed by atoms with Crippen molar-refractivity contribution < 1.29 is 9.53 Å². The molecule has 0 saturated heterocycles. The van der Waals surface area contributed by atoms with Crippen LogP contribution in [0.25, 0.3) is 10.2 Å². The highest BCUT2D eigenvalue weighted by molar-refractivity contribution is 7.22. The van der Waals surface area contributed by atoms with Crippen molar-refractivity contribution >= 4 is 50.0 Å². The molecule has 0 saturated carbocycles. The molecule has 112 valence electrons. The van der Waals surface area contributed by atoms with E-state index in [1.165, 1.54) is 11.3 Å². The number of carbonyl (C=O) groups excluding carboxylic acids is 1. The number of nitrogens with one attached hydrogen (secondary N) is 2. The van der Waals surface area contributed by atoms with Gasteiger partial charge in [0.2, 0.25) is 0 Å². The third kappa shape index (κ3) is 3.29. The zero-order chi connectivity index (χ0) is 15.5. The van der Waals surface area contributed by atoms with Gasteiger partial charge < -0.3 is 10.1 Å². The number of nitrogens with zero attached hydrogens (tertiary/aromatic N) is 1. The quantitative estimate of drug-likeness (QED) is 0.736. The standard InChI is InChI=1S/C15H12ClN3O2S/c1-21-11-4-2-3-10(8-11)17-14(20)19-15-18-12-7-9(16)5-6-13(12)22-15/h2-8H,1H3,(H2,17,18,19,20). The average molecular weight is 334 g/mol. The number of halogens is 1. The summed E-state index contributed by atoms with van der Waals surface area (Å²) in [7, 11) is 1.57. The van der Waals surface area contributed by atoms with E-state index in [4.69, 9.17) is 16.3 Å². The lowest BCUT2D eigenvalue weighted by Crippen LogP contribution is -2.19. The van der Waals surface area contributed by atoms with E-state index >= 15 is 0 Å². The van der Waals surface area contributed by atoms with Gasteiger partial charge in [0.1, 0.15) is 5.75 Å². The molecule has 22 heavy (non-hydrogen) atoms. The molecule has 0 aliphatic carbocycles. The van der Waals surface area contributed by atoms with E-state index in [1.807, 2.05) is 6.07 Å². The van der Waals surface area contributed by atoms with Crippen LogP contribution in [0.15, 0.2) is 42.5 Å². The van der Waals surface area contributed by atoms with E-state index in [0.29, 0.717) is 21.6 Å². The van der Waals surface area contributed by atoms with Gasteiger partial charge in [-0.25, -0.2) is 9.78 Å². The largest absolute Gasteiger partial charge is 0.497 e. The highest BCUT2D eigenvalue weighted by atomic mass is 35.5. The molecule has 1 heterocycles. The van der Waals surface area contributed by atoms with E-state index in [2.05, 4.69) is 15.6 Å². The van der Waals surface area contributed by atoms with Crippen LogP contribution in [-0.2, 0) is 0 Å². The fourth-order valence-corrected chi connectivity index (χ4v) is 2.92. The molecule has 0 radical (unpaired) electrons. The molecular weight excluding hydrogens is 322 g/mol. The van der Waals surface area contributed by atoms with Gasteiger partial charge in [-0.15, -0.1) is 0 Å². The van der Waals surface area contributed by atoms with Crippen molar-refractivity contribution in [3.63, 3.8) is 0 Å². The van der Waals surface area contributed by atoms with Crippen LogP contribution in [0.3, 0.4) is 0 Å². The van der Waals surface area contributed by atoms with Gasteiger partial charge >= 0.3 is 6.03 Å². The van der Waals surface area contributed by atoms with Gasteiger partial charge in [0.05, 0.1) is 17.3 Å². The second-order valence-electron chi connectivity index (χ2n) is 4.44. The summed E-state index contributed by atoms with van der Waals surface area (Å²) in [4.78, 5) is 16.3. The van der Waals surface area contributed by atoms with Crippen LogP contribution in [0.5, 0.6) is 5.75 Å². The highest BCUT2D eigenvalue weighted by Crippen LogP contribution is 2.28. The minimum atomic E-state index is -0.363. The number of amides is 2. The Morgan fingerprint density at radius 3 is 2.91 bits per heavy atom. The van der Waals surface area contributed by atoms with Crippen LogP contribution < -0.4 is 15.4 Å². The predicted molar refractivity (Wildman–Crippen MR) is 90.3 cm³/mol. The molecule has 0 aliphatic heterocycles. The van der Waals surface area contributed by atoms with Crippen LogP contribution in [0.2, 0.25) is 5.02 Å².